The van der Waals surface area contributed by atoms with Gasteiger partial charge in [0.25, 0.3) is 5.56 Å². The molecule has 0 radical (unpaired) electrons. The number of hydrogen-bond acceptors (Lipinski definition) is 5. The van der Waals surface area contributed by atoms with Crippen LogP contribution in [0.15, 0.2) is 114 Å². The maximum atomic E-state index is 13.8. The second-order valence-corrected chi connectivity index (χ2v) is 10.2. The lowest BCUT2D eigenvalue weighted by atomic mass is 10.0. The van der Waals surface area contributed by atoms with Crippen LogP contribution in [-0.2, 0) is 19.6 Å². The molecule has 1 atom stereocenters. The predicted molar refractivity (Wildman–Crippen MR) is 157 cm³/mol. The number of aromatic nitrogens is 5. The Balaban J connectivity index is 1.53. The summed E-state index contributed by atoms with van der Waals surface area (Å²) >= 11 is 0. The summed E-state index contributed by atoms with van der Waals surface area (Å²) < 4.78 is 15.6. The Bertz CT molecular complexity index is 1820. The van der Waals surface area contributed by atoms with Crippen molar-refractivity contribution >= 4 is 10.9 Å². The van der Waals surface area contributed by atoms with Crippen LogP contribution in [0.5, 0.6) is 0 Å². The van der Waals surface area contributed by atoms with Crippen LogP contribution in [0.4, 0.5) is 4.39 Å². The van der Waals surface area contributed by atoms with Gasteiger partial charge in [-0.25, -0.2) is 9.07 Å². The number of halogens is 1. The van der Waals surface area contributed by atoms with Crippen LogP contribution < -0.4 is 5.56 Å². The van der Waals surface area contributed by atoms with Gasteiger partial charge >= 0.3 is 0 Å². The van der Waals surface area contributed by atoms with E-state index in [0.29, 0.717) is 31.0 Å². The van der Waals surface area contributed by atoms with E-state index in [9.17, 15) is 9.18 Å². The molecule has 0 unspecified atom stereocenters. The molecule has 0 spiro atoms. The molecule has 6 rings (SSSR count). The van der Waals surface area contributed by atoms with E-state index in [-0.39, 0.29) is 11.4 Å². The van der Waals surface area contributed by atoms with Crippen molar-refractivity contribution in [1.29, 1.82) is 0 Å². The third-order valence-electron chi connectivity index (χ3n) is 7.19. The van der Waals surface area contributed by atoms with E-state index in [0.717, 1.165) is 33.2 Å². The van der Waals surface area contributed by atoms with E-state index in [4.69, 9.17) is 0 Å². The summed E-state index contributed by atoms with van der Waals surface area (Å²) in [5, 5.41) is 13.8. The number of fused-ring (bicyclic) bond motifs is 1. The van der Waals surface area contributed by atoms with Gasteiger partial charge in [0.2, 0.25) is 0 Å². The summed E-state index contributed by atoms with van der Waals surface area (Å²) in [6, 6.07) is 33.8. The van der Waals surface area contributed by atoms with Crippen molar-refractivity contribution in [3.8, 4) is 0 Å². The first-order chi connectivity index (χ1) is 20.0. The summed E-state index contributed by atoms with van der Waals surface area (Å²) in [5.41, 5.74) is 5.18. The summed E-state index contributed by atoms with van der Waals surface area (Å²) in [6.45, 7) is 3.41. The molecule has 2 heterocycles. The van der Waals surface area contributed by atoms with Crippen molar-refractivity contribution in [3.05, 3.63) is 159 Å². The van der Waals surface area contributed by atoms with E-state index in [1.165, 1.54) is 12.1 Å². The van der Waals surface area contributed by atoms with Crippen LogP contribution in [0.3, 0.4) is 0 Å². The number of H-pyrrole nitrogens is 1. The van der Waals surface area contributed by atoms with E-state index in [2.05, 4.69) is 43.6 Å². The first-order valence-electron chi connectivity index (χ1n) is 13.5. The number of aryl methyl sites for hydroxylation is 1. The average molecular weight is 545 g/mol. The highest BCUT2D eigenvalue weighted by atomic mass is 19.1. The molecule has 0 aliphatic carbocycles. The highest BCUT2D eigenvalue weighted by Gasteiger charge is 2.31. The molecule has 41 heavy (non-hydrogen) atoms. The van der Waals surface area contributed by atoms with Gasteiger partial charge in [0, 0.05) is 24.2 Å². The van der Waals surface area contributed by atoms with Crippen molar-refractivity contribution < 1.29 is 4.39 Å². The molecule has 0 amide bonds. The van der Waals surface area contributed by atoms with E-state index in [1.807, 2.05) is 73.7 Å². The number of nitrogens with zero attached hydrogens (tertiary/aromatic N) is 5. The van der Waals surface area contributed by atoms with Gasteiger partial charge in [0.1, 0.15) is 11.9 Å². The molecule has 4 aromatic carbocycles. The van der Waals surface area contributed by atoms with Gasteiger partial charge in [-0.15, -0.1) is 5.10 Å². The fourth-order valence-corrected chi connectivity index (χ4v) is 5.20. The number of benzene rings is 4. The largest absolute Gasteiger partial charge is 0.322 e. The molecular formula is C33H29FN6O. The summed E-state index contributed by atoms with van der Waals surface area (Å²) in [5.74, 6) is 0.248. The Labute approximate surface area is 236 Å². The van der Waals surface area contributed by atoms with Crippen molar-refractivity contribution in [2.75, 3.05) is 0 Å². The standard InChI is InChI=1S/C33H29FN6O/c1-23-12-17-30-27(18-23)19-29(33(41)35-30)31(32-36-37-38-40(32)22-25-10-6-3-7-11-25)39(20-24-8-4-2-5-9-24)21-26-13-15-28(34)16-14-26/h2-19,31H,20-22H2,1H3,(H,35,41)/t31-/m1/s1. The molecule has 2 aromatic heterocycles. The Morgan fingerprint density at radius 1 is 0.829 bits per heavy atom. The normalized spacial score (nSPS) is 12.2. The van der Waals surface area contributed by atoms with Crippen LogP contribution in [0, 0.1) is 12.7 Å². The van der Waals surface area contributed by atoms with Crippen LogP contribution in [0.25, 0.3) is 10.9 Å². The minimum absolute atomic E-state index is 0.210. The summed E-state index contributed by atoms with van der Waals surface area (Å²) in [7, 11) is 0. The fourth-order valence-electron chi connectivity index (χ4n) is 5.20. The zero-order valence-electron chi connectivity index (χ0n) is 22.6. The number of hydrogen-bond donors (Lipinski definition) is 1. The molecule has 0 aliphatic heterocycles. The first-order valence-corrected chi connectivity index (χ1v) is 13.5. The molecule has 204 valence electrons. The lowest BCUT2D eigenvalue weighted by molar-refractivity contribution is 0.194. The van der Waals surface area contributed by atoms with Crippen molar-refractivity contribution in [3.63, 3.8) is 0 Å². The maximum Gasteiger partial charge on any atom is 0.253 e. The van der Waals surface area contributed by atoms with E-state index in [1.54, 1.807) is 16.8 Å². The highest BCUT2D eigenvalue weighted by molar-refractivity contribution is 5.79. The topological polar surface area (TPSA) is 79.7 Å². The molecule has 7 nitrogen and oxygen atoms in total. The fraction of sp³-hybridized carbons (Fsp3) is 0.152. The van der Waals surface area contributed by atoms with Gasteiger partial charge < -0.3 is 4.98 Å². The van der Waals surface area contributed by atoms with E-state index >= 15 is 0 Å². The zero-order chi connectivity index (χ0) is 28.2. The molecule has 0 aliphatic rings. The third-order valence-corrected chi connectivity index (χ3v) is 7.19. The molecule has 0 saturated carbocycles. The van der Waals surface area contributed by atoms with Crippen LogP contribution >= 0.6 is 0 Å². The van der Waals surface area contributed by atoms with Gasteiger partial charge in [0.15, 0.2) is 5.82 Å². The monoisotopic (exact) mass is 544 g/mol. The van der Waals surface area contributed by atoms with Crippen LogP contribution in [0.1, 0.15) is 39.7 Å². The first kappa shape index (κ1) is 26.3. The van der Waals surface area contributed by atoms with Gasteiger partial charge in [-0.3, -0.25) is 9.69 Å². The van der Waals surface area contributed by atoms with E-state index < -0.39 is 6.04 Å². The second kappa shape index (κ2) is 11.7. The minimum Gasteiger partial charge on any atom is -0.322 e. The summed E-state index contributed by atoms with van der Waals surface area (Å²) in [4.78, 5) is 19.0. The van der Waals surface area contributed by atoms with Crippen molar-refractivity contribution in [1.82, 2.24) is 30.1 Å². The lowest BCUT2D eigenvalue weighted by Gasteiger charge is -2.31. The SMILES string of the molecule is Cc1ccc2[nH]c(=O)c([C@H](c3nnnn3Cc3ccccc3)N(Cc3ccccc3)Cc3ccc(F)cc3)cc2c1. The third kappa shape index (κ3) is 5.97. The predicted octanol–water partition coefficient (Wildman–Crippen LogP) is 5.80. The van der Waals surface area contributed by atoms with Crippen molar-refractivity contribution in [2.45, 2.75) is 32.6 Å². The quantitative estimate of drug-likeness (QED) is 0.249. The number of pyridine rings is 1. The van der Waals surface area contributed by atoms with Crippen LogP contribution in [-0.4, -0.2) is 30.1 Å². The number of rotatable bonds is 9. The molecule has 6 aromatic rings. The Kier molecular flexibility index (Phi) is 7.47. The van der Waals surface area contributed by atoms with Gasteiger partial charge in [-0.05, 0) is 69.8 Å². The Morgan fingerprint density at radius 3 is 2.20 bits per heavy atom. The van der Waals surface area contributed by atoms with Crippen molar-refractivity contribution in [2.24, 2.45) is 0 Å². The lowest BCUT2D eigenvalue weighted by Crippen LogP contribution is -2.35. The maximum absolute atomic E-state index is 13.8. The molecule has 0 bridgehead atoms. The molecule has 0 fully saturated rings. The molecule has 0 saturated heterocycles. The summed E-state index contributed by atoms with van der Waals surface area (Å²) in [6.07, 6.45) is 0. The molecule has 8 heteroatoms. The minimum atomic E-state index is -0.604. The van der Waals surface area contributed by atoms with Gasteiger partial charge in [-0.2, -0.15) is 0 Å². The molecular weight excluding hydrogens is 515 g/mol. The molecule has 1 N–H and O–H groups in total. The Morgan fingerprint density at radius 2 is 1.49 bits per heavy atom. The average Bonchev–Trinajstić information content (AvgIpc) is 3.43. The zero-order valence-corrected chi connectivity index (χ0v) is 22.6. The highest BCUT2D eigenvalue weighted by Crippen LogP contribution is 2.30. The number of tetrazole rings is 1. The Hall–Kier alpha value is -4.95. The number of aromatic amines is 1. The van der Waals surface area contributed by atoms with Crippen LogP contribution in [0.2, 0.25) is 0 Å². The smallest absolute Gasteiger partial charge is 0.253 e. The second-order valence-electron chi connectivity index (χ2n) is 10.2. The number of nitrogens with one attached hydrogen (secondary N) is 1. The van der Waals surface area contributed by atoms with Gasteiger partial charge in [-0.1, -0.05) is 84.4 Å². The van der Waals surface area contributed by atoms with Gasteiger partial charge in [0.05, 0.1) is 6.54 Å².